The van der Waals surface area contributed by atoms with Gasteiger partial charge >= 0.3 is 0 Å². The summed E-state index contributed by atoms with van der Waals surface area (Å²) in [7, 11) is 1.71. The normalized spacial score (nSPS) is 30.1. The zero-order valence-electron chi connectivity index (χ0n) is 14.0. The van der Waals surface area contributed by atoms with E-state index in [1.165, 1.54) is 6.07 Å². The molecule has 2 fully saturated rings. The lowest BCUT2D eigenvalue weighted by molar-refractivity contribution is -0.125. The van der Waals surface area contributed by atoms with Crippen LogP contribution in [0.4, 0.5) is 4.39 Å². The monoisotopic (exact) mass is 336 g/mol. The number of benzene rings is 1. The van der Waals surface area contributed by atoms with Crippen molar-refractivity contribution in [3.05, 3.63) is 35.6 Å². The molecule has 0 aromatic heterocycles. The molecule has 0 bridgehead atoms. The molecule has 5 nitrogen and oxygen atoms in total. The second-order valence-corrected chi connectivity index (χ2v) is 6.80. The molecule has 3 atom stereocenters. The van der Waals surface area contributed by atoms with Gasteiger partial charge in [-0.1, -0.05) is 18.2 Å². The van der Waals surface area contributed by atoms with Crippen LogP contribution in [-0.2, 0) is 16.1 Å². The van der Waals surface area contributed by atoms with Crippen LogP contribution in [0.2, 0.25) is 0 Å². The highest BCUT2D eigenvalue weighted by molar-refractivity contribution is 5.78. The summed E-state index contributed by atoms with van der Waals surface area (Å²) in [5.74, 6) is -0.446. The number of carbonyl (C=O) groups is 1. The highest BCUT2D eigenvalue weighted by Crippen LogP contribution is 2.42. The summed E-state index contributed by atoms with van der Waals surface area (Å²) in [5.41, 5.74) is 0.233. The average Bonchev–Trinajstić information content (AvgIpc) is 2.93. The SMILES string of the molecule is CO[C@@]12CC[C@H](O)C[C@@H]1N(CC(=O)NCc1ccccc1F)CC2. The van der Waals surface area contributed by atoms with Gasteiger partial charge in [0.2, 0.25) is 5.91 Å². The fourth-order valence-corrected chi connectivity index (χ4v) is 4.04. The van der Waals surface area contributed by atoms with E-state index < -0.39 is 0 Å². The van der Waals surface area contributed by atoms with Gasteiger partial charge in [-0.2, -0.15) is 0 Å². The summed E-state index contributed by atoms with van der Waals surface area (Å²) >= 11 is 0. The highest BCUT2D eigenvalue weighted by Gasteiger charge is 2.50. The first-order chi connectivity index (χ1) is 11.5. The molecule has 1 aliphatic carbocycles. The van der Waals surface area contributed by atoms with Crippen LogP contribution in [-0.4, -0.2) is 53.9 Å². The summed E-state index contributed by atoms with van der Waals surface area (Å²) < 4.78 is 19.4. The number of amides is 1. The van der Waals surface area contributed by atoms with E-state index >= 15 is 0 Å². The van der Waals surface area contributed by atoms with Crippen LogP contribution < -0.4 is 5.32 Å². The largest absolute Gasteiger partial charge is 0.393 e. The van der Waals surface area contributed by atoms with Gasteiger partial charge in [-0.3, -0.25) is 9.69 Å². The average molecular weight is 336 g/mol. The molecule has 2 aliphatic rings. The molecular weight excluding hydrogens is 311 g/mol. The molecule has 0 unspecified atom stereocenters. The van der Waals surface area contributed by atoms with Crippen LogP contribution in [0.3, 0.4) is 0 Å². The lowest BCUT2D eigenvalue weighted by Gasteiger charge is -2.42. The number of methoxy groups -OCH3 is 1. The standard InChI is InChI=1S/C18H25FN2O3/c1-24-18-7-6-14(22)10-16(18)21(9-8-18)12-17(23)20-11-13-4-2-3-5-15(13)19/h2-5,14,16,22H,6-12H2,1H3,(H,20,23)/t14-,16-,18+/m0/s1. The third-order valence-electron chi connectivity index (χ3n) is 5.45. The van der Waals surface area contributed by atoms with E-state index in [0.29, 0.717) is 12.0 Å². The predicted molar refractivity (Wildman–Crippen MR) is 87.8 cm³/mol. The van der Waals surface area contributed by atoms with Gasteiger partial charge in [-0.25, -0.2) is 4.39 Å². The Morgan fingerprint density at radius 2 is 2.25 bits per heavy atom. The Balaban J connectivity index is 1.57. The van der Waals surface area contributed by atoms with Crippen LogP contribution >= 0.6 is 0 Å². The van der Waals surface area contributed by atoms with Gasteiger partial charge in [0.1, 0.15) is 5.82 Å². The molecule has 1 heterocycles. The summed E-state index contributed by atoms with van der Waals surface area (Å²) in [6.07, 6.45) is 2.75. The van der Waals surface area contributed by atoms with E-state index in [0.717, 1.165) is 25.8 Å². The Labute approximate surface area is 141 Å². The first-order valence-electron chi connectivity index (χ1n) is 8.51. The van der Waals surface area contributed by atoms with Crippen LogP contribution in [0.25, 0.3) is 0 Å². The van der Waals surface area contributed by atoms with E-state index in [-0.39, 0.29) is 42.6 Å². The molecule has 1 aromatic carbocycles. The van der Waals surface area contributed by atoms with E-state index in [4.69, 9.17) is 4.74 Å². The predicted octanol–water partition coefficient (Wildman–Crippen LogP) is 1.45. The van der Waals surface area contributed by atoms with E-state index in [9.17, 15) is 14.3 Å². The van der Waals surface area contributed by atoms with Crippen molar-refractivity contribution >= 4 is 5.91 Å². The minimum atomic E-state index is -0.333. The van der Waals surface area contributed by atoms with Gasteiger partial charge in [0.25, 0.3) is 0 Å². The van der Waals surface area contributed by atoms with Crippen LogP contribution in [0.5, 0.6) is 0 Å². The molecule has 132 valence electrons. The first-order valence-corrected chi connectivity index (χ1v) is 8.51. The zero-order chi connectivity index (χ0) is 17.2. The third kappa shape index (κ3) is 3.45. The maximum absolute atomic E-state index is 13.6. The summed E-state index contributed by atoms with van der Waals surface area (Å²) in [6, 6.07) is 6.49. The molecule has 1 saturated heterocycles. The van der Waals surface area contributed by atoms with Crippen molar-refractivity contribution in [2.45, 2.75) is 50.0 Å². The molecule has 6 heteroatoms. The van der Waals surface area contributed by atoms with Crippen molar-refractivity contribution in [3.8, 4) is 0 Å². The molecular formula is C18H25FN2O3. The minimum absolute atomic E-state index is 0.0606. The molecule has 0 radical (unpaired) electrons. The fourth-order valence-electron chi connectivity index (χ4n) is 4.04. The first kappa shape index (κ1) is 17.3. The lowest BCUT2D eigenvalue weighted by Crippen LogP contribution is -2.53. The van der Waals surface area contributed by atoms with Crippen LogP contribution in [0.1, 0.15) is 31.2 Å². The number of hydrogen-bond acceptors (Lipinski definition) is 4. The number of aliphatic hydroxyl groups is 1. The summed E-state index contributed by atoms with van der Waals surface area (Å²) in [6.45, 7) is 1.21. The number of halogens is 1. The van der Waals surface area contributed by atoms with Gasteiger partial charge in [-0.15, -0.1) is 0 Å². The van der Waals surface area contributed by atoms with E-state index in [1.807, 2.05) is 0 Å². The van der Waals surface area contributed by atoms with Crippen LogP contribution in [0.15, 0.2) is 24.3 Å². The number of hydrogen-bond donors (Lipinski definition) is 2. The van der Waals surface area contributed by atoms with Crippen molar-refractivity contribution in [1.82, 2.24) is 10.2 Å². The molecule has 3 rings (SSSR count). The Morgan fingerprint density at radius 3 is 3.00 bits per heavy atom. The number of aliphatic hydroxyl groups excluding tert-OH is 1. The fraction of sp³-hybridized carbons (Fsp3) is 0.611. The Morgan fingerprint density at radius 1 is 1.46 bits per heavy atom. The molecule has 1 amide bonds. The van der Waals surface area contributed by atoms with Gasteiger partial charge in [0.15, 0.2) is 0 Å². The quantitative estimate of drug-likeness (QED) is 0.854. The van der Waals surface area contributed by atoms with E-state index in [2.05, 4.69) is 10.2 Å². The van der Waals surface area contributed by atoms with Gasteiger partial charge in [0, 0.05) is 31.8 Å². The molecule has 0 spiro atoms. The van der Waals surface area contributed by atoms with Crippen molar-refractivity contribution < 1.29 is 19.0 Å². The molecule has 1 aliphatic heterocycles. The molecule has 2 N–H and O–H groups in total. The van der Waals surface area contributed by atoms with E-state index in [1.54, 1.807) is 25.3 Å². The number of rotatable bonds is 5. The molecule has 24 heavy (non-hydrogen) atoms. The summed E-state index contributed by atoms with van der Waals surface area (Å²) in [5, 5.41) is 12.8. The Hall–Kier alpha value is -1.50. The number of ether oxygens (including phenoxy) is 1. The number of nitrogens with zero attached hydrogens (tertiary/aromatic N) is 1. The highest BCUT2D eigenvalue weighted by atomic mass is 19.1. The number of likely N-dealkylation sites (tertiary alicyclic amines) is 1. The lowest BCUT2D eigenvalue weighted by atomic mass is 9.79. The Bertz CT molecular complexity index is 597. The molecule has 1 aromatic rings. The smallest absolute Gasteiger partial charge is 0.234 e. The van der Waals surface area contributed by atoms with Crippen LogP contribution in [0, 0.1) is 5.82 Å². The van der Waals surface area contributed by atoms with Gasteiger partial charge in [-0.05, 0) is 31.7 Å². The van der Waals surface area contributed by atoms with Crippen molar-refractivity contribution in [2.75, 3.05) is 20.2 Å². The second kappa shape index (κ2) is 7.17. The number of carbonyl (C=O) groups excluding carboxylic acids is 1. The van der Waals surface area contributed by atoms with Gasteiger partial charge in [0.05, 0.1) is 18.2 Å². The second-order valence-electron chi connectivity index (χ2n) is 6.80. The van der Waals surface area contributed by atoms with Crippen molar-refractivity contribution in [2.24, 2.45) is 0 Å². The Kier molecular flexibility index (Phi) is 5.18. The topological polar surface area (TPSA) is 61.8 Å². The van der Waals surface area contributed by atoms with Crippen molar-refractivity contribution in [1.29, 1.82) is 0 Å². The number of fused-ring (bicyclic) bond motifs is 1. The maximum atomic E-state index is 13.6. The third-order valence-corrected chi connectivity index (χ3v) is 5.45. The zero-order valence-corrected chi connectivity index (χ0v) is 14.0. The number of nitrogens with one attached hydrogen (secondary N) is 1. The summed E-state index contributed by atoms with van der Waals surface area (Å²) in [4.78, 5) is 14.3. The van der Waals surface area contributed by atoms with Crippen molar-refractivity contribution in [3.63, 3.8) is 0 Å². The van der Waals surface area contributed by atoms with Gasteiger partial charge < -0.3 is 15.2 Å². The minimum Gasteiger partial charge on any atom is -0.393 e. The maximum Gasteiger partial charge on any atom is 0.234 e. The molecule has 1 saturated carbocycles.